The zero-order valence-corrected chi connectivity index (χ0v) is 73.5. The van der Waals surface area contributed by atoms with Crippen molar-refractivity contribution in [2.75, 3.05) is 74.9 Å². The molecule has 0 spiro atoms. The number of aliphatic imine (C=N–C) groups is 2. The molecule has 4 fully saturated rings. The van der Waals surface area contributed by atoms with Crippen LogP contribution in [0.3, 0.4) is 0 Å². The molecule has 0 saturated carbocycles. The Balaban J connectivity index is 0.000000199. The predicted molar refractivity (Wildman–Crippen MR) is 473 cm³/mol. The van der Waals surface area contributed by atoms with Crippen molar-refractivity contribution in [3.05, 3.63) is 167 Å². The normalized spacial score (nSPS) is 20.8. The van der Waals surface area contributed by atoms with Crippen molar-refractivity contribution < 1.29 is 97.8 Å². The van der Waals surface area contributed by atoms with Gasteiger partial charge in [-0.25, -0.2) is 29.1 Å². The number of benzene rings is 7. The maximum absolute atomic E-state index is 14.4. The summed E-state index contributed by atoms with van der Waals surface area (Å²) in [7, 11) is 6.88. The number of likely N-dealkylation sites (tertiary alicyclic amines) is 4. The zero-order chi connectivity index (χ0) is 91.6. The highest BCUT2D eigenvalue weighted by atomic mass is 19.4. The van der Waals surface area contributed by atoms with E-state index in [9.17, 15) is 59.9 Å². The maximum atomic E-state index is 14.4. The Hall–Kier alpha value is -12.6. The molecular weight excluding hydrogens is 1690 g/mol. The van der Waals surface area contributed by atoms with Gasteiger partial charge in [0.05, 0.1) is 106 Å². The summed E-state index contributed by atoms with van der Waals surface area (Å²) in [6.45, 7) is 13.8. The van der Waals surface area contributed by atoms with Crippen LogP contribution in [-0.4, -0.2) is 210 Å². The van der Waals surface area contributed by atoms with E-state index < -0.39 is 115 Å². The first-order valence-electron chi connectivity index (χ1n) is 43.1. The summed E-state index contributed by atoms with van der Waals surface area (Å²) in [5.41, 5.74) is 13.8. The molecule has 10 heterocycles. The van der Waals surface area contributed by atoms with Crippen LogP contribution < -0.4 is 25.4 Å². The second-order valence-corrected chi connectivity index (χ2v) is 35.9. The highest BCUT2D eigenvalue weighted by Gasteiger charge is 2.54. The van der Waals surface area contributed by atoms with Crippen LogP contribution >= 0.6 is 0 Å². The lowest BCUT2D eigenvalue weighted by molar-refractivity contribution is -0.172. The van der Waals surface area contributed by atoms with E-state index in [0.29, 0.717) is 68.3 Å². The lowest BCUT2D eigenvalue weighted by Crippen LogP contribution is -2.51. The molecule has 8 aliphatic heterocycles. The van der Waals surface area contributed by atoms with Gasteiger partial charge in [-0.3, -0.25) is 29.3 Å². The molecule has 9 aromatic rings. The summed E-state index contributed by atoms with van der Waals surface area (Å²) in [5, 5.41) is 11.7. The van der Waals surface area contributed by atoms with E-state index in [0.717, 1.165) is 136 Å². The number of nitrogens with one attached hydrogen (secondary N) is 5. The van der Waals surface area contributed by atoms with Gasteiger partial charge >= 0.3 is 36.7 Å². The molecule has 7 aromatic carbocycles. The number of carbonyl (C=O) groups is 7. The molecule has 11 atom stereocenters. The minimum atomic E-state index is -4.55. The van der Waals surface area contributed by atoms with Gasteiger partial charge in [0.25, 0.3) is 0 Å². The number of hydrogen-bond donors (Lipinski definition) is 5. The van der Waals surface area contributed by atoms with Crippen molar-refractivity contribution in [1.29, 1.82) is 0 Å². The smallest absolute Gasteiger partial charge is 0.410 e. The third-order valence-electron chi connectivity index (χ3n) is 25.6. The average Bonchev–Trinajstić information content (AvgIpc) is 1.35. The molecular formula is C96H107F6N13O15. The molecule has 2 aromatic heterocycles. The van der Waals surface area contributed by atoms with Gasteiger partial charge in [0.1, 0.15) is 60.1 Å². The van der Waals surface area contributed by atoms with E-state index in [-0.39, 0.29) is 81.1 Å². The number of halogens is 6. The van der Waals surface area contributed by atoms with Gasteiger partial charge in [-0.05, 0) is 178 Å². The SMILES string of the molecule is C.COC[C@H]1C[C@@H](C2=Nc3ccc4cc5c(cc4c3C2)OCc2cc(-c3cnc([C@@H]4C[C@H](C(F)(F)F)CN4C(=O)[C@@H](NC(=O)OC)C(C)C)[nH]3)ccc2-5)N(C(=O)OC(C)(C)C)C1.COC[C@H]1C[C@@H](C2=Nc3ccc4cc5c(cc4c3C2)OCc2cc(-c3cnc([C@@H]4C[C@H](C(F)(F)F)CN4C(=O)[C@@H](NC(=O)OC)C(C)C)[nH]3)ccc2-5)N(C(=O)[C@H](NC(=O)OC)c2ccccc2)C1. The number of aromatic amines is 2. The highest BCUT2D eigenvalue weighted by Crippen LogP contribution is 2.51. The van der Waals surface area contributed by atoms with Gasteiger partial charge < -0.3 is 78.5 Å². The Morgan fingerprint density at radius 2 is 0.915 bits per heavy atom. The number of rotatable bonds is 19. The van der Waals surface area contributed by atoms with Crippen LogP contribution in [0.2, 0.25) is 0 Å². The number of nitrogens with zero attached hydrogens (tertiary/aromatic N) is 8. The number of hydrogen-bond acceptors (Lipinski definition) is 19. The molecule has 7 amide bonds. The number of methoxy groups -OCH3 is 5. The summed E-state index contributed by atoms with van der Waals surface area (Å²) >= 11 is 0. The van der Waals surface area contributed by atoms with Crippen molar-refractivity contribution in [2.45, 2.75) is 168 Å². The lowest BCUT2D eigenvalue weighted by Gasteiger charge is -2.30. The minimum absolute atomic E-state index is 0. The first kappa shape index (κ1) is 92.1. The van der Waals surface area contributed by atoms with Crippen LogP contribution in [0, 0.1) is 35.5 Å². The topological polar surface area (TPSA) is 324 Å². The Bertz CT molecular complexity index is 5910. The first-order valence-corrected chi connectivity index (χ1v) is 43.1. The molecule has 28 nitrogen and oxygen atoms in total. The summed E-state index contributed by atoms with van der Waals surface area (Å²) < 4.78 is 129. The molecule has 8 aliphatic rings. The van der Waals surface area contributed by atoms with Gasteiger partial charge in [0.2, 0.25) is 17.7 Å². The predicted octanol–water partition coefficient (Wildman–Crippen LogP) is 17.4. The largest absolute Gasteiger partial charge is 0.488 e. The van der Waals surface area contributed by atoms with Crippen molar-refractivity contribution in [1.82, 2.24) is 55.5 Å². The van der Waals surface area contributed by atoms with E-state index in [1.807, 2.05) is 105 Å². The monoisotopic (exact) mass is 1800 g/mol. The van der Waals surface area contributed by atoms with Crippen molar-refractivity contribution in [3.63, 3.8) is 0 Å². The third kappa shape index (κ3) is 18.7. The van der Waals surface area contributed by atoms with Crippen molar-refractivity contribution in [2.24, 2.45) is 45.5 Å². The minimum Gasteiger partial charge on any atom is -0.488 e. The fourth-order valence-electron chi connectivity index (χ4n) is 19.2. The molecule has 17 rings (SSSR count). The first-order chi connectivity index (χ1) is 61.6. The molecule has 0 radical (unpaired) electrons. The van der Waals surface area contributed by atoms with E-state index in [4.69, 9.17) is 38.4 Å². The van der Waals surface area contributed by atoms with E-state index >= 15 is 0 Å². The number of amides is 7. The second-order valence-electron chi connectivity index (χ2n) is 35.9. The van der Waals surface area contributed by atoms with Crippen LogP contribution in [0.15, 0.2) is 138 Å². The average molecular weight is 1800 g/mol. The quantitative estimate of drug-likeness (QED) is 0.0371. The van der Waals surface area contributed by atoms with Crippen LogP contribution in [0.25, 0.3) is 66.3 Å². The molecule has 34 heteroatoms. The number of aromatic nitrogens is 4. The number of H-pyrrole nitrogens is 2. The van der Waals surface area contributed by atoms with Crippen LogP contribution in [-0.2, 0) is 68.9 Å². The zero-order valence-electron chi connectivity index (χ0n) is 73.5. The number of ether oxygens (including phenoxy) is 8. The van der Waals surface area contributed by atoms with Gasteiger partial charge in [0, 0.05) is 87.6 Å². The summed E-state index contributed by atoms with van der Waals surface area (Å²) in [5.74, 6) is -3.83. The number of imidazole rings is 2. The Labute approximate surface area is 747 Å². The van der Waals surface area contributed by atoms with E-state index in [1.54, 1.807) is 71.3 Å². The standard InChI is InChI=1S/C50H52F3N7O8.C45H51F3N6O7.CH4/c1-26(2)43(57-48(63)66-4)46(61)60-23-32(50(51,52)53)18-41(60)45-54-21-39(56-45)30-11-13-33-31(16-30)25-68-42-20-34-29(17-36(33)42)12-14-37-35(34)19-38(55-37)40-15-27(24-65-3)22-59(40)47(62)44(58-49(64)67-5)28-9-7-6-8-10-28;1-23(2)39(52-42(56)59-7)41(55)53-20-28(45(46,47)48)15-37(53)40-49-18-35(51-40)26-8-10-29-27(13-26)22-60-38-17-30-25(14-32(29)38)9-11-33-31(30)16-34(50-33)36-12-24(21-58-6)19-54(36)43(57)61-44(3,4)5;/h6-14,16-17,20-21,26-27,32,40-41,43-44H,15,18-19,22-25H2,1-5H3,(H,54,56)(H,57,63)(H,58,64);8-11,13-14,17-18,23-24,28,36-37,39H,12,15-16,19-22H2,1-7H3,(H,49,51)(H,52,56);1H4/t27-,32-,40-,41-,43-,44+;24-,28-,36-,37-,39-;/m00./s1. The summed E-state index contributed by atoms with van der Waals surface area (Å²) in [6, 6.07) is 31.6. The summed E-state index contributed by atoms with van der Waals surface area (Å²) in [6.07, 6.45) is -7.00. The molecule has 0 aliphatic carbocycles. The highest BCUT2D eigenvalue weighted by molar-refractivity contribution is 6.08. The molecule has 688 valence electrons. The Morgan fingerprint density at radius 3 is 1.33 bits per heavy atom. The van der Waals surface area contributed by atoms with Crippen LogP contribution in [0.5, 0.6) is 11.5 Å². The van der Waals surface area contributed by atoms with Crippen LogP contribution in [0.4, 0.5) is 56.9 Å². The third-order valence-corrected chi connectivity index (χ3v) is 25.6. The molecule has 0 unspecified atom stereocenters. The number of fused-ring (bicyclic) bond motifs is 12. The molecule has 4 saturated heterocycles. The van der Waals surface area contributed by atoms with Crippen molar-refractivity contribution >= 4 is 86.4 Å². The number of alkyl halides is 6. The van der Waals surface area contributed by atoms with Crippen LogP contribution in [0.1, 0.15) is 139 Å². The second kappa shape index (κ2) is 37.1. The number of carbonyl (C=O) groups excluding carboxylic acids is 7. The fraction of sp³-hybridized carbons (Fsp3) is 0.448. The Morgan fingerprint density at radius 1 is 0.492 bits per heavy atom. The molecule has 130 heavy (non-hydrogen) atoms. The Kier molecular flexibility index (Phi) is 26.3. The van der Waals surface area contributed by atoms with Crippen molar-refractivity contribution in [3.8, 4) is 56.3 Å². The van der Waals surface area contributed by atoms with Gasteiger partial charge in [0.15, 0.2) is 0 Å². The van der Waals surface area contributed by atoms with E-state index in [1.165, 1.54) is 7.11 Å². The maximum Gasteiger partial charge on any atom is 0.410 e. The van der Waals surface area contributed by atoms with Gasteiger partial charge in [-0.15, -0.1) is 0 Å². The van der Waals surface area contributed by atoms with Gasteiger partial charge in [-0.1, -0.05) is 102 Å². The summed E-state index contributed by atoms with van der Waals surface area (Å²) in [4.78, 5) is 123. The lowest BCUT2D eigenvalue weighted by atomic mass is 9.90. The number of alkyl carbamates (subject to hydrolysis) is 3. The van der Waals surface area contributed by atoms with E-state index in [2.05, 4.69) is 69.6 Å². The molecule has 5 N–H and O–H groups in total. The fourth-order valence-corrected chi connectivity index (χ4v) is 19.2. The molecule has 0 bridgehead atoms. The van der Waals surface area contributed by atoms with Gasteiger partial charge in [-0.2, -0.15) is 26.3 Å².